The Morgan fingerprint density at radius 1 is 0.373 bits per heavy atom. The molecule has 0 fully saturated rings. The summed E-state index contributed by atoms with van der Waals surface area (Å²) in [6.07, 6.45) is 84.1. The molecule has 75 heavy (non-hydrogen) atoms. The summed E-state index contributed by atoms with van der Waals surface area (Å²) in [6, 6.07) is -0.637. The number of ether oxygens (including phenoxy) is 1. The van der Waals surface area contributed by atoms with Gasteiger partial charge in [0.05, 0.1) is 25.4 Å². The highest BCUT2D eigenvalue weighted by molar-refractivity contribution is 5.76. The second-order valence-corrected chi connectivity index (χ2v) is 22.4. The van der Waals surface area contributed by atoms with Gasteiger partial charge >= 0.3 is 5.97 Å². The maximum absolute atomic E-state index is 12.5. The molecule has 438 valence electrons. The minimum absolute atomic E-state index is 0.00154. The molecule has 0 saturated carbocycles. The van der Waals surface area contributed by atoms with Gasteiger partial charge in [0.15, 0.2) is 0 Å². The van der Waals surface area contributed by atoms with Gasteiger partial charge < -0.3 is 20.3 Å². The molecule has 6 nitrogen and oxygen atoms in total. The summed E-state index contributed by atoms with van der Waals surface area (Å²) < 4.78 is 5.49. The average molecular weight is 1050 g/mol. The van der Waals surface area contributed by atoms with E-state index in [1.54, 1.807) is 6.08 Å². The molecule has 2 atom stereocenters. The normalized spacial score (nSPS) is 13.0. The first kappa shape index (κ1) is 72.6. The maximum Gasteiger partial charge on any atom is 0.305 e. The molecule has 0 saturated heterocycles. The quantitative estimate of drug-likeness (QED) is 0.0320. The van der Waals surface area contributed by atoms with Gasteiger partial charge in [0.1, 0.15) is 0 Å². The maximum atomic E-state index is 12.5. The number of hydrogen-bond donors (Lipinski definition) is 3. The van der Waals surface area contributed by atoms with Gasteiger partial charge in [0, 0.05) is 12.8 Å². The number of rotatable bonds is 61. The van der Waals surface area contributed by atoms with Crippen LogP contribution in [0.2, 0.25) is 0 Å². The van der Waals surface area contributed by atoms with E-state index in [1.807, 2.05) is 6.08 Å². The van der Waals surface area contributed by atoms with Crippen molar-refractivity contribution in [2.45, 2.75) is 353 Å². The average Bonchev–Trinajstić information content (AvgIpc) is 3.41. The number of amides is 1. The summed E-state index contributed by atoms with van der Waals surface area (Å²) in [5, 5.41) is 23.2. The summed E-state index contributed by atoms with van der Waals surface area (Å²) in [6.45, 7) is 4.88. The molecule has 0 radical (unpaired) electrons. The third-order valence-corrected chi connectivity index (χ3v) is 15.0. The van der Waals surface area contributed by atoms with Crippen LogP contribution < -0.4 is 5.32 Å². The molecule has 0 aromatic carbocycles. The molecule has 0 spiro atoms. The van der Waals surface area contributed by atoms with Crippen LogP contribution in [0.4, 0.5) is 0 Å². The third kappa shape index (κ3) is 60.6. The van der Waals surface area contributed by atoms with Gasteiger partial charge in [0.2, 0.25) is 5.91 Å². The molecule has 2 unspecified atom stereocenters. The van der Waals surface area contributed by atoms with Gasteiger partial charge in [0.25, 0.3) is 0 Å². The molecule has 0 aliphatic heterocycles. The van der Waals surface area contributed by atoms with E-state index >= 15 is 0 Å². The molecular formula is C69H127NO5. The van der Waals surface area contributed by atoms with Crippen molar-refractivity contribution >= 4 is 11.9 Å². The first-order valence-electron chi connectivity index (χ1n) is 33.1. The van der Waals surface area contributed by atoms with Crippen molar-refractivity contribution < 1.29 is 24.5 Å². The predicted octanol–water partition coefficient (Wildman–Crippen LogP) is 21.1. The van der Waals surface area contributed by atoms with Crippen LogP contribution in [0.25, 0.3) is 0 Å². The largest absolute Gasteiger partial charge is 0.466 e. The number of allylic oxidation sites excluding steroid dienone is 9. The Morgan fingerprint density at radius 2 is 0.667 bits per heavy atom. The summed E-state index contributed by atoms with van der Waals surface area (Å²) >= 11 is 0. The standard InChI is InChI=1S/C69H127NO5/c1-3-5-7-9-11-13-15-17-19-21-30-33-37-41-45-49-53-57-61-67(72)66(65-71)70-68(73)62-58-54-50-46-42-38-34-31-27-25-23-22-24-26-28-32-36-40-44-48-52-56-60-64-75-69(74)63-59-55-51-47-43-39-35-29-20-18-16-14-12-10-8-6-4-2/h12,14,18,20,22,24-25,27,57,61,66-67,71-72H,3-11,13,15-17,19,21,23,26,28-56,58-60,62-65H2,1-2H3,(H,70,73)/b14-12-,20-18-,24-22-,27-25-,61-57+. The summed E-state index contributed by atoms with van der Waals surface area (Å²) in [5.41, 5.74) is 0. The minimum Gasteiger partial charge on any atom is -0.466 e. The Bertz CT molecular complexity index is 1300. The summed E-state index contributed by atoms with van der Waals surface area (Å²) in [7, 11) is 0. The zero-order valence-electron chi connectivity index (χ0n) is 50.0. The van der Waals surface area contributed by atoms with E-state index in [0.717, 1.165) is 70.6 Å². The fraction of sp³-hybridized carbons (Fsp3) is 0.826. The molecule has 0 heterocycles. The van der Waals surface area contributed by atoms with E-state index in [1.165, 1.54) is 244 Å². The van der Waals surface area contributed by atoms with Crippen LogP contribution in [-0.2, 0) is 14.3 Å². The zero-order chi connectivity index (χ0) is 54.3. The van der Waals surface area contributed by atoms with E-state index in [-0.39, 0.29) is 18.5 Å². The van der Waals surface area contributed by atoms with Crippen molar-refractivity contribution in [2.24, 2.45) is 0 Å². The molecule has 3 N–H and O–H groups in total. The van der Waals surface area contributed by atoms with E-state index < -0.39 is 12.1 Å². The number of esters is 1. The molecule has 0 aromatic rings. The van der Waals surface area contributed by atoms with Crippen LogP contribution in [-0.4, -0.2) is 47.4 Å². The molecule has 6 heteroatoms. The highest BCUT2D eigenvalue weighted by Gasteiger charge is 2.18. The highest BCUT2D eigenvalue weighted by Crippen LogP contribution is 2.17. The van der Waals surface area contributed by atoms with Crippen LogP contribution in [0, 0.1) is 0 Å². The topological polar surface area (TPSA) is 95.9 Å². The number of hydrogen-bond acceptors (Lipinski definition) is 5. The Hall–Kier alpha value is -2.44. The SMILES string of the molecule is CCCCC/C=C\C/C=C\CCCCCCCCCC(=O)OCCCCCCCCCCC/C=C\C/C=C\CCCCCCCCCC(=O)NC(CO)C(O)/C=C/CCCCCCCCCCCCCCCCCC. The summed E-state index contributed by atoms with van der Waals surface area (Å²) in [4.78, 5) is 24.6. The van der Waals surface area contributed by atoms with Gasteiger partial charge in [-0.3, -0.25) is 9.59 Å². The lowest BCUT2D eigenvalue weighted by Crippen LogP contribution is -2.45. The number of unbranched alkanes of at least 4 members (excludes halogenated alkanes) is 42. The molecule has 1 amide bonds. The molecule has 0 aliphatic carbocycles. The van der Waals surface area contributed by atoms with E-state index in [4.69, 9.17) is 4.74 Å². The third-order valence-electron chi connectivity index (χ3n) is 15.0. The highest BCUT2D eigenvalue weighted by atomic mass is 16.5. The zero-order valence-corrected chi connectivity index (χ0v) is 50.0. The second kappa shape index (κ2) is 64.1. The van der Waals surface area contributed by atoms with Gasteiger partial charge in [-0.25, -0.2) is 0 Å². The minimum atomic E-state index is -0.853. The van der Waals surface area contributed by atoms with Gasteiger partial charge in [-0.15, -0.1) is 0 Å². The molecule has 0 bridgehead atoms. The van der Waals surface area contributed by atoms with Crippen molar-refractivity contribution in [1.82, 2.24) is 5.32 Å². The van der Waals surface area contributed by atoms with Gasteiger partial charge in [-0.1, -0.05) is 293 Å². The monoisotopic (exact) mass is 1050 g/mol. The second-order valence-electron chi connectivity index (χ2n) is 22.4. The van der Waals surface area contributed by atoms with Crippen molar-refractivity contribution in [2.75, 3.05) is 13.2 Å². The lowest BCUT2D eigenvalue weighted by molar-refractivity contribution is -0.143. The Morgan fingerprint density at radius 3 is 1.04 bits per heavy atom. The molecular weight excluding hydrogens is 923 g/mol. The first-order chi connectivity index (χ1) is 37.0. The Balaban J connectivity index is 3.48. The fourth-order valence-corrected chi connectivity index (χ4v) is 9.93. The molecule has 0 aliphatic rings. The van der Waals surface area contributed by atoms with Gasteiger partial charge in [-0.05, 0) is 96.3 Å². The lowest BCUT2D eigenvalue weighted by Gasteiger charge is -2.20. The fourth-order valence-electron chi connectivity index (χ4n) is 9.93. The Kier molecular flexibility index (Phi) is 62.0. The van der Waals surface area contributed by atoms with Crippen molar-refractivity contribution in [1.29, 1.82) is 0 Å². The smallest absolute Gasteiger partial charge is 0.305 e. The molecule has 0 aromatic heterocycles. The van der Waals surface area contributed by atoms with Crippen LogP contribution >= 0.6 is 0 Å². The predicted molar refractivity (Wildman–Crippen MR) is 328 cm³/mol. The van der Waals surface area contributed by atoms with Crippen molar-refractivity contribution in [3.8, 4) is 0 Å². The van der Waals surface area contributed by atoms with Crippen molar-refractivity contribution in [3.05, 3.63) is 60.8 Å². The van der Waals surface area contributed by atoms with Crippen molar-refractivity contribution in [3.63, 3.8) is 0 Å². The number of nitrogens with one attached hydrogen (secondary N) is 1. The van der Waals surface area contributed by atoms with Crippen LogP contribution in [0.15, 0.2) is 60.8 Å². The van der Waals surface area contributed by atoms with Crippen LogP contribution in [0.3, 0.4) is 0 Å². The molecule has 0 rings (SSSR count). The number of carbonyl (C=O) groups is 2. The number of aliphatic hydroxyl groups excluding tert-OH is 2. The number of carbonyl (C=O) groups excluding carboxylic acids is 2. The summed E-state index contributed by atoms with van der Waals surface area (Å²) in [5.74, 6) is -0.0788. The van der Waals surface area contributed by atoms with E-state index in [9.17, 15) is 19.8 Å². The van der Waals surface area contributed by atoms with E-state index in [0.29, 0.717) is 19.4 Å². The lowest BCUT2D eigenvalue weighted by atomic mass is 10.0. The Labute approximate surface area is 467 Å². The first-order valence-corrected chi connectivity index (χ1v) is 33.1. The van der Waals surface area contributed by atoms with E-state index in [2.05, 4.69) is 67.8 Å². The van der Waals surface area contributed by atoms with Gasteiger partial charge in [-0.2, -0.15) is 0 Å². The van der Waals surface area contributed by atoms with Crippen LogP contribution in [0.5, 0.6) is 0 Å². The number of aliphatic hydroxyl groups is 2. The van der Waals surface area contributed by atoms with Crippen LogP contribution in [0.1, 0.15) is 341 Å².